The summed E-state index contributed by atoms with van der Waals surface area (Å²) in [6.45, 7) is 2.11. The summed E-state index contributed by atoms with van der Waals surface area (Å²) in [6, 6.07) is 0.283. The van der Waals surface area contributed by atoms with Gasteiger partial charge in [0.25, 0.3) is 0 Å². The summed E-state index contributed by atoms with van der Waals surface area (Å²) < 4.78 is 50.3. The summed E-state index contributed by atoms with van der Waals surface area (Å²) in [5, 5.41) is 0. The summed E-state index contributed by atoms with van der Waals surface area (Å²) in [4.78, 5) is 3.79. The number of hydrogen-bond acceptors (Lipinski definition) is 2. The van der Waals surface area contributed by atoms with E-state index in [1.54, 1.807) is 0 Å². The van der Waals surface area contributed by atoms with Crippen molar-refractivity contribution < 1.29 is 17.6 Å². The van der Waals surface area contributed by atoms with Crippen LogP contribution in [0.4, 0.5) is 17.6 Å². The van der Waals surface area contributed by atoms with Crippen molar-refractivity contribution >= 4 is 0 Å². The van der Waals surface area contributed by atoms with E-state index in [4.69, 9.17) is 0 Å². The van der Waals surface area contributed by atoms with Gasteiger partial charge in [0.05, 0.1) is 6.54 Å². The second-order valence-electron chi connectivity index (χ2n) is 4.98. The monoisotopic (exact) mass is 254 g/mol. The Balaban J connectivity index is 1.92. The number of halogens is 4. The SMILES string of the molecule is FC(F)C(F)(F)CN1CCCN2CCCC2C1. The first-order valence-corrected chi connectivity index (χ1v) is 6.11. The molecule has 0 aliphatic carbocycles. The average Bonchev–Trinajstić information content (AvgIpc) is 2.57. The standard InChI is InChI=1S/C11H18F4N2/c12-10(13)11(14,15)8-16-4-2-6-17-5-1-3-9(17)7-16/h9-10H,1-8H2. The van der Waals surface area contributed by atoms with Gasteiger partial charge in [-0.25, -0.2) is 8.78 Å². The lowest BCUT2D eigenvalue weighted by Gasteiger charge is -2.28. The molecule has 0 spiro atoms. The highest BCUT2D eigenvalue weighted by atomic mass is 19.3. The van der Waals surface area contributed by atoms with E-state index in [0.717, 1.165) is 32.4 Å². The summed E-state index contributed by atoms with van der Waals surface area (Å²) in [6.07, 6.45) is -0.693. The van der Waals surface area contributed by atoms with Crippen molar-refractivity contribution in [3.05, 3.63) is 0 Å². The molecule has 0 aromatic carbocycles. The number of nitrogens with zero attached hydrogens (tertiary/aromatic N) is 2. The molecule has 100 valence electrons. The van der Waals surface area contributed by atoms with Gasteiger partial charge >= 0.3 is 12.3 Å². The summed E-state index contributed by atoms with van der Waals surface area (Å²) in [7, 11) is 0. The molecule has 0 amide bonds. The Labute approximate surface area is 98.6 Å². The quantitative estimate of drug-likeness (QED) is 0.711. The molecule has 0 radical (unpaired) electrons. The molecule has 2 nitrogen and oxygen atoms in total. The van der Waals surface area contributed by atoms with Crippen LogP contribution >= 0.6 is 0 Å². The molecule has 1 unspecified atom stereocenters. The van der Waals surface area contributed by atoms with Crippen molar-refractivity contribution in [2.45, 2.75) is 37.7 Å². The van der Waals surface area contributed by atoms with E-state index in [1.165, 1.54) is 4.90 Å². The van der Waals surface area contributed by atoms with E-state index in [0.29, 0.717) is 13.1 Å². The molecule has 2 aliphatic heterocycles. The normalized spacial score (nSPS) is 28.4. The van der Waals surface area contributed by atoms with Crippen molar-refractivity contribution in [2.75, 3.05) is 32.7 Å². The maximum atomic E-state index is 13.0. The summed E-state index contributed by atoms with van der Waals surface area (Å²) in [5.74, 6) is -3.88. The Kier molecular flexibility index (Phi) is 3.92. The zero-order chi connectivity index (χ0) is 12.5. The van der Waals surface area contributed by atoms with Crippen LogP contribution in [0.3, 0.4) is 0 Å². The minimum Gasteiger partial charge on any atom is -0.299 e. The zero-order valence-corrected chi connectivity index (χ0v) is 9.72. The van der Waals surface area contributed by atoms with E-state index in [-0.39, 0.29) is 6.04 Å². The van der Waals surface area contributed by atoms with Crippen LogP contribution in [0, 0.1) is 0 Å². The highest BCUT2D eigenvalue weighted by Gasteiger charge is 2.43. The lowest BCUT2D eigenvalue weighted by molar-refractivity contribution is -0.142. The minimum atomic E-state index is -3.88. The molecule has 2 fully saturated rings. The third kappa shape index (κ3) is 3.10. The van der Waals surface area contributed by atoms with Gasteiger partial charge in [-0.1, -0.05) is 0 Å². The van der Waals surface area contributed by atoms with Crippen LogP contribution in [-0.4, -0.2) is 60.9 Å². The van der Waals surface area contributed by atoms with Gasteiger partial charge in [0.15, 0.2) is 0 Å². The smallest absolute Gasteiger partial charge is 0.299 e. The number of alkyl halides is 4. The van der Waals surface area contributed by atoms with Gasteiger partial charge < -0.3 is 0 Å². The Morgan fingerprint density at radius 2 is 1.82 bits per heavy atom. The molecule has 0 saturated carbocycles. The van der Waals surface area contributed by atoms with Gasteiger partial charge in [-0.15, -0.1) is 0 Å². The largest absolute Gasteiger partial charge is 0.319 e. The Hall–Kier alpha value is -0.360. The van der Waals surface area contributed by atoms with Crippen molar-refractivity contribution in [2.24, 2.45) is 0 Å². The molecule has 0 bridgehead atoms. The van der Waals surface area contributed by atoms with E-state index in [2.05, 4.69) is 4.90 Å². The molecule has 0 aromatic rings. The lowest BCUT2D eigenvalue weighted by Crippen LogP contribution is -2.45. The molecular formula is C11H18F4N2. The fourth-order valence-corrected chi connectivity index (χ4v) is 2.79. The topological polar surface area (TPSA) is 6.48 Å². The second-order valence-corrected chi connectivity index (χ2v) is 4.98. The van der Waals surface area contributed by atoms with Crippen molar-refractivity contribution in [3.8, 4) is 0 Å². The van der Waals surface area contributed by atoms with Gasteiger partial charge in [-0.05, 0) is 38.9 Å². The Bertz CT molecular complexity index is 260. The van der Waals surface area contributed by atoms with Crippen molar-refractivity contribution in [3.63, 3.8) is 0 Å². The lowest BCUT2D eigenvalue weighted by atomic mass is 10.2. The maximum absolute atomic E-state index is 13.0. The van der Waals surface area contributed by atoms with E-state index < -0.39 is 18.9 Å². The first-order chi connectivity index (χ1) is 7.99. The summed E-state index contributed by atoms with van der Waals surface area (Å²) >= 11 is 0. The van der Waals surface area contributed by atoms with Crippen LogP contribution in [0.1, 0.15) is 19.3 Å². The van der Waals surface area contributed by atoms with Crippen LogP contribution in [0.15, 0.2) is 0 Å². The van der Waals surface area contributed by atoms with E-state index >= 15 is 0 Å². The molecule has 2 saturated heterocycles. The molecule has 0 N–H and O–H groups in total. The highest BCUT2D eigenvalue weighted by molar-refractivity contribution is 4.87. The van der Waals surface area contributed by atoms with Gasteiger partial charge in [0.1, 0.15) is 0 Å². The predicted octanol–water partition coefficient (Wildman–Crippen LogP) is 2.06. The van der Waals surface area contributed by atoms with Crippen LogP contribution < -0.4 is 0 Å². The van der Waals surface area contributed by atoms with Crippen molar-refractivity contribution in [1.29, 1.82) is 0 Å². The predicted molar refractivity (Wildman–Crippen MR) is 56.6 cm³/mol. The van der Waals surface area contributed by atoms with Gasteiger partial charge in [0, 0.05) is 12.6 Å². The molecule has 2 rings (SSSR count). The van der Waals surface area contributed by atoms with Crippen LogP contribution in [0.2, 0.25) is 0 Å². The number of hydrogen-bond donors (Lipinski definition) is 0. The van der Waals surface area contributed by atoms with Gasteiger partial charge in [0.2, 0.25) is 0 Å². The second kappa shape index (κ2) is 5.10. The maximum Gasteiger partial charge on any atom is 0.319 e. The first-order valence-electron chi connectivity index (χ1n) is 6.11. The average molecular weight is 254 g/mol. The van der Waals surface area contributed by atoms with Gasteiger partial charge in [-0.3, -0.25) is 9.80 Å². The van der Waals surface area contributed by atoms with Crippen LogP contribution in [0.5, 0.6) is 0 Å². The summed E-state index contributed by atoms with van der Waals surface area (Å²) in [5.41, 5.74) is 0. The molecule has 0 aromatic heterocycles. The fraction of sp³-hybridized carbons (Fsp3) is 1.00. The third-order valence-electron chi connectivity index (χ3n) is 3.64. The van der Waals surface area contributed by atoms with Crippen LogP contribution in [-0.2, 0) is 0 Å². The fourth-order valence-electron chi connectivity index (χ4n) is 2.79. The van der Waals surface area contributed by atoms with E-state index in [9.17, 15) is 17.6 Å². The number of rotatable bonds is 3. The van der Waals surface area contributed by atoms with Crippen molar-refractivity contribution in [1.82, 2.24) is 9.80 Å². The molecule has 6 heteroatoms. The molecule has 2 heterocycles. The molecule has 17 heavy (non-hydrogen) atoms. The highest BCUT2D eigenvalue weighted by Crippen LogP contribution is 2.27. The van der Waals surface area contributed by atoms with Gasteiger partial charge in [-0.2, -0.15) is 8.78 Å². The Morgan fingerprint density at radius 1 is 1.12 bits per heavy atom. The minimum absolute atomic E-state index is 0.283. The molecular weight excluding hydrogens is 236 g/mol. The molecule has 2 aliphatic rings. The third-order valence-corrected chi connectivity index (χ3v) is 3.64. The van der Waals surface area contributed by atoms with E-state index in [1.807, 2.05) is 0 Å². The Morgan fingerprint density at radius 3 is 2.53 bits per heavy atom. The van der Waals surface area contributed by atoms with Crippen LogP contribution in [0.25, 0.3) is 0 Å². The number of fused-ring (bicyclic) bond motifs is 1. The molecule has 1 atom stereocenters. The zero-order valence-electron chi connectivity index (χ0n) is 9.72. The first kappa shape index (κ1) is 13.1.